The lowest BCUT2D eigenvalue weighted by atomic mass is 10.3. The lowest BCUT2D eigenvalue weighted by molar-refractivity contribution is -0.925. The Morgan fingerprint density at radius 1 is 1.11 bits per heavy atom. The molecule has 0 aromatic heterocycles. The lowest BCUT2D eigenvalue weighted by Crippen LogP contribution is -2.51. The first-order valence-electron chi connectivity index (χ1n) is 6.22. The number of hydrogen-bond acceptors (Lipinski definition) is 4. The molecule has 0 amide bonds. The Morgan fingerprint density at radius 3 is 2.11 bits per heavy atom. The molecule has 0 saturated carbocycles. The molecule has 0 unspecified atom stereocenters. The van der Waals surface area contributed by atoms with E-state index >= 15 is 0 Å². The fourth-order valence-electron chi connectivity index (χ4n) is 1.76. The van der Waals surface area contributed by atoms with Crippen molar-refractivity contribution in [3.8, 4) is 0 Å². The van der Waals surface area contributed by atoms with E-state index in [9.17, 15) is 4.57 Å². The third-order valence-electron chi connectivity index (χ3n) is 3.14. The Hall–Kier alpha value is -0.0100. The van der Waals surface area contributed by atoms with Gasteiger partial charge in [0.15, 0.2) is 0 Å². The molecule has 4 N–H and O–H groups in total. The third-order valence-corrected chi connectivity index (χ3v) is 3.66. The van der Waals surface area contributed by atoms with Crippen LogP contribution >= 0.6 is 7.82 Å². The van der Waals surface area contributed by atoms with Gasteiger partial charge in [0.1, 0.15) is 19.7 Å². The van der Waals surface area contributed by atoms with E-state index < -0.39 is 7.82 Å². The maximum atomic E-state index is 10.6. The van der Waals surface area contributed by atoms with Crippen LogP contribution in [0.5, 0.6) is 0 Å². The van der Waals surface area contributed by atoms with Crippen molar-refractivity contribution in [2.45, 2.75) is 13.8 Å². The Bertz CT molecular complexity index is 255. The van der Waals surface area contributed by atoms with Crippen LogP contribution in [0.15, 0.2) is 0 Å². The number of likely N-dealkylation sites (N-methyl/N-ethyl adjacent to an activating group) is 1. The van der Waals surface area contributed by atoms with Crippen molar-refractivity contribution in [3.05, 3.63) is 0 Å². The molecule has 0 heterocycles. The first-order chi connectivity index (χ1) is 8.39. The summed E-state index contributed by atoms with van der Waals surface area (Å²) in [4.78, 5) is 17.3. The zero-order valence-electron chi connectivity index (χ0n) is 11.2. The summed E-state index contributed by atoms with van der Waals surface area (Å²) in [5.41, 5.74) is 5.33. The van der Waals surface area contributed by atoms with Gasteiger partial charge in [-0.1, -0.05) is 0 Å². The molecule has 0 atom stereocenters. The molecule has 0 rings (SSSR count). The molecule has 0 spiro atoms. The highest BCUT2D eigenvalue weighted by atomic mass is 31.2. The molecule has 8 heteroatoms. The minimum Gasteiger partial charge on any atom is -0.374 e. The standard InChI is InChI=1S/C10H25N2O5P/c1-3-12(4-2,6-9-16-8-5-11)7-10-17-18(13,14)15/h3-11H2,1-2H3,(H-,13,14,15)/p+1. The van der Waals surface area contributed by atoms with Gasteiger partial charge in [0, 0.05) is 6.54 Å². The van der Waals surface area contributed by atoms with Crippen molar-refractivity contribution < 1.29 is 28.1 Å². The first kappa shape index (κ1) is 18.0. The van der Waals surface area contributed by atoms with Gasteiger partial charge in [0.25, 0.3) is 0 Å². The molecule has 0 aliphatic rings. The molecule has 0 aromatic carbocycles. The Kier molecular flexibility index (Phi) is 8.98. The number of nitrogens with two attached hydrogens (primary N) is 1. The van der Waals surface area contributed by atoms with E-state index in [1.165, 1.54) is 0 Å². The summed E-state index contributed by atoms with van der Waals surface area (Å²) < 4.78 is 21.2. The first-order valence-corrected chi connectivity index (χ1v) is 7.75. The summed E-state index contributed by atoms with van der Waals surface area (Å²) in [5.74, 6) is 0. The van der Waals surface area contributed by atoms with Crippen LogP contribution in [0, 0.1) is 0 Å². The zero-order chi connectivity index (χ0) is 14.1. The number of phosphoric acid groups is 1. The normalized spacial score (nSPS) is 12.9. The smallest absolute Gasteiger partial charge is 0.374 e. The highest BCUT2D eigenvalue weighted by molar-refractivity contribution is 7.46. The molecule has 7 nitrogen and oxygen atoms in total. The largest absolute Gasteiger partial charge is 0.469 e. The molecule has 0 bridgehead atoms. The van der Waals surface area contributed by atoms with E-state index in [-0.39, 0.29) is 6.61 Å². The molecule has 0 saturated heterocycles. The second kappa shape index (κ2) is 8.98. The zero-order valence-corrected chi connectivity index (χ0v) is 12.1. The second-order valence-corrected chi connectivity index (χ2v) is 5.39. The molecule has 18 heavy (non-hydrogen) atoms. The number of hydrogen-bond donors (Lipinski definition) is 3. The van der Waals surface area contributed by atoms with Crippen LogP contribution in [0.4, 0.5) is 0 Å². The molecular weight excluding hydrogens is 259 g/mol. The predicted octanol–water partition coefficient (Wildman–Crippen LogP) is -0.0724. The summed E-state index contributed by atoms with van der Waals surface area (Å²) in [7, 11) is -4.37. The average Bonchev–Trinajstić information content (AvgIpc) is 2.31. The quantitative estimate of drug-likeness (QED) is 0.279. The molecule has 0 aromatic rings. The van der Waals surface area contributed by atoms with Crippen molar-refractivity contribution in [1.29, 1.82) is 0 Å². The molecule has 0 aliphatic carbocycles. The summed E-state index contributed by atoms with van der Waals surface area (Å²) >= 11 is 0. The van der Waals surface area contributed by atoms with Gasteiger partial charge in [-0.3, -0.25) is 4.52 Å². The fraction of sp³-hybridized carbons (Fsp3) is 1.00. The topological polar surface area (TPSA) is 102 Å². The van der Waals surface area contributed by atoms with Crippen LogP contribution in [0.2, 0.25) is 0 Å². The van der Waals surface area contributed by atoms with Gasteiger partial charge < -0.3 is 24.7 Å². The number of nitrogens with zero attached hydrogens (tertiary/aromatic N) is 1. The monoisotopic (exact) mass is 285 g/mol. The van der Waals surface area contributed by atoms with Crippen molar-refractivity contribution >= 4 is 7.82 Å². The molecule has 0 fully saturated rings. The maximum Gasteiger partial charge on any atom is 0.469 e. The fourth-order valence-corrected chi connectivity index (χ4v) is 2.08. The molecule has 110 valence electrons. The highest BCUT2D eigenvalue weighted by Gasteiger charge is 2.24. The molecule has 0 radical (unpaired) electrons. The highest BCUT2D eigenvalue weighted by Crippen LogP contribution is 2.35. The van der Waals surface area contributed by atoms with Crippen LogP contribution < -0.4 is 5.73 Å². The van der Waals surface area contributed by atoms with Crippen LogP contribution in [0.1, 0.15) is 13.8 Å². The van der Waals surface area contributed by atoms with Gasteiger partial charge in [0.2, 0.25) is 0 Å². The second-order valence-electron chi connectivity index (χ2n) is 4.15. The van der Waals surface area contributed by atoms with Crippen LogP contribution in [0.25, 0.3) is 0 Å². The maximum absolute atomic E-state index is 10.6. The van der Waals surface area contributed by atoms with E-state index in [4.69, 9.17) is 20.3 Å². The van der Waals surface area contributed by atoms with Gasteiger partial charge >= 0.3 is 7.82 Å². The summed E-state index contributed by atoms with van der Waals surface area (Å²) in [6.07, 6.45) is 0. The molecule has 0 aliphatic heterocycles. The van der Waals surface area contributed by atoms with E-state index in [1.807, 2.05) is 13.8 Å². The Balaban J connectivity index is 4.12. The SMILES string of the molecule is CC[N+](CC)(CCOCCN)CCOP(=O)(O)O. The van der Waals surface area contributed by atoms with Crippen LogP contribution in [0.3, 0.4) is 0 Å². The number of phosphoric ester groups is 1. The Morgan fingerprint density at radius 2 is 1.67 bits per heavy atom. The third kappa shape index (κ3) is 8.16. The Labute approximate surface area is 109 Å². The average molecular weight is 285 g/mol. The van der Waals surface area contributed by atoms with Crippen LogP contribution in [-0.4, -0.2) is 66.8 Å². The van der Waals surface area contributed by atoms with Crippen molar-refractivity contribution in [1.82, 2.24) is 0 Å². The van der Waals surface area contributed by atoms with E-state index in [0.29, 0.717) is 30.8 Å². The minimum atomic E-state index is -4.37. The number of quaternary nitrogens is 1. The van der Waals surface area contributed by atoms with E-state index in [2.05, 4.69) is 4.52 Å². The number of ether oxygens (including phenoxy) is 1. The summed E-state index contributed by atoms with van der Waals surface area (Å²) in [6, 6.07) is 0. The van der Waals surface area contributed by atoms with Gasteiger partial charge in [0.05, 0.1) is 26.3 Å². The minimum absolute atomic E-state index is 0.0445. The van der Waals surface area contributed by atoms with E-state index in [1.54, 1.807) is 0 Å². The van der Waals surface area contributed by atoms with Gasteiger partial charge in [-0.15, -0.1) is 0 Å². The summed E-state index contributed by atoms with van der Waals surface area (Å²) in [5, 5.41) is 0. The van der Waals surface area contributed by atoms with E-state index in [0.717, 1.165) is 19.6 Å². The lowest BCUT2D eigenvalue weighted by Gasteiger charge is -2.36. The molecular formula is C10H26N2O5P+. The van der Waals surface area contributed by atoms with Gasteiger partial charge in [-0.2, -0.15) is 0 Å². The predicted molar refractivity (Wildman–Crippen MR) is 68.9 cm³/mol. The number of rotatable bonds is 11. The van der Waals surface area contributed by atoms with Gasteiger partial charge in [-0.25, -0.2) is 4.57 Å². The van der Waals surface area contributed by atoms with Crippen molar-refractivity contribution in [2.75, 3.05) is 52.5 Å². The van der Waals surface area contributed by atoms with Crippen molar-refractivity contribution in [2.24, 2.45) is 5.73 Å². The summed E-state index contributed by atoms with van der Waals surface area (Å²) in [6.45, 7) is 8.85. The van der Waals surface area contributed by atoms with Crippen LogP contribution in [-0.2, 0) is 13.8 Å². The van der Waals surface area contributed by atoms with Gasteiger partial charge in [-0.05, 0) is 13.8 Å². The van der Waals surface area contributed by atoms with Crippen molar-refractivity contribution in [3.63, 3.8) is 0 Å².